The van der Waals surface area contributed by atoms with Crippen molar-refractivity contribution in [3.8, 4) is 5.75 Å². The Morgan fingerprint density at radius 2 is 2.05 bits per heavy atom. The molecular formula is C16H24ClNO. The van der Waals surface area contributed by atoms with Gasteiger partial charge in [0.1, 0.15) is 5.75 Å². The van der Waals surface area contributed by atoms with Gasteiger partial charge in [-0.3, -0.25) is 4.98 Å². The van der Waals surface area contributed by atoms with Crippen LogP contribution < -0.4 is 4.74 Å². The number of pyridine rings is 1. The summed E-state index contributed by atoms with van der Waals surface area (Å²) in [6.07, 6.45) is 9.10. The fourth-order valence-corrected chi connectivity index (χ4v) is 3.54. The number of halogens is 1. The first-order valence-electron chi connectivity index (χ1n) is 7.25. The fraction of sp³-hybridized carbons (Fsp3) is 0.688. The molecule has 106 valence electrons. The van der Waals surface area contributed by atoms with Crippen LogP contribution in [0.2, 0.25) is 0 Å². The van der Waals surface area contributed by atoms with Crippen LogP contribution in [0, 0.1) is 19.8 Å². The van der Waals surface area contributed by atoms with E-state index in [0.717, 1.165) is 24.2 Å². The van der Waals surface area contributed by atoms with Crippen LogP contribution in [0.25, 0.3) is 0 Å². The molecule has 2 unspecified atom stereocenters. The summed E-state index contributed by atoms with van der Waals surface area (Å²) in [7, 11) is 1.74. The zero-order valence-corrected chi connectivity index (χ0v) is 13.0. The lowest BCUT2D eigenvalue weighted by molar-refractivity contribution is 0.404. The molecule has 0 aromatic carbocycles. The standard InChI is InChI=1S/C16H24ClNO/c1-11-10-18-15(12(2)16(11)19-3)9-13-6-4-5-7-14(17)8-13/h10,13-14H,4-9H2,1-3H3. The van der Waals surface area contributed by atoms with E-state index in [9.17, 15) is 0 Å². The van der Waals surface area contributed by atoms with Crippen LogP contribution in [0.15, 0.2) is 6.20 Å². The minimum absolute atomic E-state index is 0.347. The van der Waals surface area contributed by atoms with Gasteiger partial charge in [0.05, 0.1) is 7.11 Å². The van der Waals surface area contributed by atoms with Gasteiger partial charge in [0, 0.05) is 28.4 Å². The number of hydrogen-bond donors (Lipinski definition) is 0. The van der Waals surface area contributed by atoms with E-state index >= 15 is 0 Å². The lowest BCUT2D eigenvalue weighted by Crippen LogP contribution is -2.11. The molecule has 1 aromatic rings. The van der Waals surface area contributed by atoms with Gasteiger partial charge in [-0.2, -0.15) is 0 Å². The number of aromatic nitrogens is 1. The quantitative estimate of drug-likeness (QED) is 0.604. The Kier molecular flexibility index (Phi) is 5.09. The van der Waals surface area contributed by atoms with Crippen LogP contribution in [0.5, 0.6) is 5.75 Å². The molecule has 2 nitrogen and oxygen atoms in total. The molecule has 1 heterocycles. The first-order valence-corrected chi connectivity index (χ1v) is 7.68. The number of hydrogen-bond acceptors (Lipinski definition) is 2. The first-order chi connectivity index (χ1) is 9.11. The Morgan fingerprint density at radius 1 is 1.32 bits per heavy atom. The monoisotopic (exact) mass is 281 g/mol. The highest BCUT2D eigenvalue weighted by atomic mass is 35.5. The lowest BCUT2D eigenvalue weighted by Gasteiger charge is -2.18. The van der Waals surface area contributed by atoms with Crippen LogP contribution in [0.4, 0.5) is 0 Å². The molecule has 0 aliphatic heterocycles. The van der Waals surface area contributed by atoms with Crippen molar-refractivity contribution in [2.24, 2.45) is 5.92 Å². The van der Waals surface area contributed by atoms with Crippen LogP contribution >= 0.6 is 11.6 Å². The van der Waals surface area contributed by atoms with Crippen molar-refractivity contribution in [1.82, 2.24) is 4.98 Å². The third kappa shape index (κ3) is 3.62. The highest BCUT2D eigenvalue weighted by molar-refractivity contribution is 6.20. The van der Waals surface area contributed by atoms with Crippen LogP contribution in [0.1, 0.15) is 48.9 Å². The molecule has 0 spiro atoms. The molecule has 1 aliphatic rings. The van der Waals surface area contributed by atoms with E-state index in [4.69, 9.17) is 16.3 Å². The predicted octanol–water partition coefficient (Wildman–Crippen LogP) is 4.44. The molecule has 0 bridgehead atoms. The van der Waals surface area contributed by atoms with E-state index in [-0.39, 0.29) is 0 Å². The summed E-state index contributed by atoms with van der Waals surface area (Å²) in [5, 5.41) is 0.347. The molecule has 19 heavy (non-hydrogen) atoms. The van der Waals surface area contributed by atoms with Gasteiger partial charge in [0.25, 0.3) is 0 Å². The van der Waals surface area contributed by atoms with Gasteiger partial charge < -0.3 is 4.74 Å². The molecule has 2 atom stereocenters. The van der Waals surface area contributed by atoms with E-state index in [1.165, 1.54) is 36.9 Å². The maximum Gasteiger partial charge on any atom is 0.128 e. The van der Waals surface area contributed by atoms with E-state index in [1.54, 1.807) is 7.11 Å². The molecule has 0 N–H and O–H groups in total. The molecule has 0 radical (unpaired) electrons. The van der Waals surface area contributed by atoms with E-state index in [1.807, 2.05) is 13.1 Å². The third-order valence-corrected chi connectivity index (χ3v) is 4.60. The van der Waals surface area contributed by atoms with Crippen molar-refractivity contribution in [3.63, 3.8) is 0 Å². The van der Waals surface area contributed by atoms with Crippen molar-refractivity contribution in [2.45, 2.75) is 57.7 Å². The molecule has 3 heteroatoms. The normalized spacial score (nSPS) is 24.0. The summed E-state index contributed by atoms with van der Waals surface area (Å²) >= 11 is 6.36. The zero-order valence-electron chi connectivity index (χ0n) is 12.2. The number of nitrogens with zero attached hydrogens (tertiary/aromatic N) is 1. The summed E-state index contributed by atoms with van der Waals surface area (Å²) in [6, 6.07) is 0. The Morgan fingerprint density at radius 3 is 2.79 bits per heavy atom. The summed E-state index contributed by atoms with van der Waals surface area (Å²) in [5.41, 5.74) is 3.48. The number of alkyl halides is 1. The average molecular weight is 282 g/mol. The lowest BCUT2D eigenvalue weighted by atomic mass is 9.92. The number of aryl methyl sites for hydroxylation is 1. The second-order valence-corrected chi connectivity index (χ2v) is 6.35. The largest absolute Gasteiger partial charge is 0.496 e. The van der Waals surface area contributed by atoms with Crippen molar-refractivity contribution >= 4 is 11.6 Å². The second-order valence-electron chi connectivity index (χ2n) is 5.73. The van der Waals surface area contributed by atoms with Crippen LogP contribution in [-0.4, -0.2) is 17.5 Å². The van der Waals surface area contributed by atoms with Gasteiger partial charge in [-0.1, -0.05) is 19.3 Å². The fourth-order valence-electron chi connectivity index (χ4n) is 3.13. The highest BCUT2D eigenvalue weighted by Crippen LogP contribution is 2.31. The molecular weight excluding hydrogens is 258 g/mol. The third-order valence-electron chi connectivity index (χ3n) is 4.20. The molecule has 2 rings (SSSR count). The molecule has 1 aliphatic carbocycles. The van der Waals surface area contributed by atoms with E-state index in [2.05, 4.69) is 11.9 Å². The zero-order chi connectivity index (χ0) is 13.8. The maximum absolute atomic E-state index is 6.36. The Hall–Kier alpha value is -0.760. The smallest absolute Gasteiger partial charge is 0.128 e. The Bertz CT molecular complexity index is 433. The van der Waals surface area contributed by atoms with Crippen LogP contribution in [-0.2, 0) is 6.42 Å². The maximum atomic E-state index is 6.36. The average Bonchev–Trinajstić information content (AvgIpc) is 2.58. The number of ether oxygens (including phenoxy) is 1. The summed E-state index contributed by atoms with van der Waals surface area (Å²) in [5.74, 6) is 1.66. The Labute approximate surface area is 121 Å². The minimum atomic E-state index is 0.347. The van der Waals surface area contributed by atoms with Gasteiger partial charge in [-0.05, 0) is 39.0 Å². The first kappa shape index (κ1) is 14.6. The van der Waals surface area contributed by atoms with Crippen molar-refractivity contribution in [1.29, 1.82) is 0 Å². The summed E-state index contributed by atoms with van der Waals surface area (Å²) in [6.45, 7) is 4.16. The van der Waals surface area contributed by atoms with E-state index < -0.39 is 0 Å². The highest BCUT2D eigenvalue weighted by Gasteiger charge is 2.21. The molecule has 0 amide bonds. The van der Waals surface area contributed by atoms with Crippen molar-refractivity contribution < 1.29 is 4.74 Å². The number of methoxy groups -OCH3 is 1. The Balaban J connectivity index is 2.14. The van der Waals surface area contributed by atoms with Gasteiger partial charge in [-0.15, -0.1) is 11.6 Å². The molecule has 1 fully saturated rings. The predicted molar refractivity (Wildman–Crippen MR) is 80.2 cm³/mol. The SMILES string of the molecule is COc1c(C)cnc(CC2CCCCC(Cl)C2)c1C. The topological polar surface area (TPSA) is 22.1 Å². The van der Waals surface area contributed by atoms with Gasteiger partial charge in [0.2, 0.25) is 0 Å². The summed E-state index contributed by atoms with van der Waals surface area (Å²) < 4.78 is 5.49. The second kappa shape index (κ2) is 6.60. The molecule has 0 saturated heterocycles. The number of rotatable bonds is 3. The molecule has 1 aromatic heterocycles. The van der Waals surface area contributed by atoms with Crippen molar-refractivity contribution in [3.05, 3.63) is 23.0 Å². The summed E-state index contributed by atoms with van der Waals surface area (Å²) in [4.78, 5) is 4.61. The van der Waals surface area contributed by atoms with Gasteiger partial charge in [0.15, 0.2) is 0 Å². The van der Waals surface area contributed by atoms with Gasteiger partial charge in [-0.25, -0.2) is 0 Å². The van der Waals surface area contributed by atoms with E-state index in [0.29, 0.717) is 11.3 Å². The van der Waals surface area contributed by atoms with Gasteiger partial charge >= 0.3 is 0 Å². The van der Waals surface area contributed by atoms with Crippen LogP contribution in [0.3, 0.4) is 0 Å². The van der Waals surface area contributed by atoms with Crippen molar-refractivity contribution in [2.75, 3.05) is 7.11 Å². The molecule has 1 saturated carbocycles. The minimum Gasteiger partial charge on any atom is -0.496 e.